The molecule has 0 bridgehead atoms. The number of carbonyl (C=O) groups is 2. The van der Waals surface area contributed by atoms with Crippen molar-refractivity contribution in [3.05, 3.63) is 39.4 Å². The number of hydrogen-bond acceptors (Lipinski definition) is 6. The molecule has 1 atom stereocenters. The van der Waals surface area contributed by atoms with Crippen LogP contribution in [0.2, 0.25) is 0 Å². The molecule has 1 fully saturated rings. The van der Waals surface area contributed by atoms with Crippen molar-refractivity contribution in [1.82, 2.24) is 4.90 Å². The predicted octanol–water partition coefficient (Wildman–Crippen LogP) is 3.21. The zero-order chi connectivity index (χ0) is 20.2. The number of carbonyl (C=O) groups excluding carboxylic acids is 1. The molecule has 1 amide bonds. The maximum Gasteiger partial charge on any atom is 0.410 e. The third kappa shape index (κ3) is 5.92. The Morgan fingerprint density at radius 1 is 1.41 bits per heavy atom. The van der Waals surface area contributed by atoms with Crippen molar-refractivity contribution in [2.45, 2.75) is 51.9 Å². The fraction of sp³-hybridized carbons (Fsp3) is 0.556. The van der Waals surface area contributed by atoms with Gasteiger partial charge in [0.05, 0.1) is 29.7 Å². The summed E-state index contributed by atoms with van der Waals surface area (Å²) >= 11 is 0. The van der Waals surface area contributed by atoms with E-state index in [9.17, 15) is 19.7 Å². The maximum absolute atomic E-state index is 12.6. The SMILES string of the molecule is CC(C)(C)OC(=O)N(Cc1ccc(C(=O)O)cc1[N+](=O)[O-])CC1CCCO1. The van der Waals surface area contributed by atoms with Gasteiger partial charge >= 0.3 is 12.1 Å². The predicted molar refractivity (Wildman–Crippen MR) is 95.7 cm³/mol. The Balaban J connectivity index is 2.28. The standard InChI is InChI=1S/C18H24N2O7/c1-18(2,3)27-17(23)19(11-14-5-4-8-26-14)10-13-7-6-12(16(21)22)9-15(13)20(24)25/h6-7,9,14H,4-5,8,10-11H2,1-3H3,(H,21,22). The molecule has 1 N–H and O–H groups in total. The van der Waals surface area contributed by atoms with E-state index in [1.54, 1.807) is 20.8 Å². The van der Waals surface area contributed by atoms with Gasteiger partial charge in [-0.25, -0.2) is 9.59 Å². The van der Waals surface area contributed by atoms with Gasteiger partial charge in [0.2, 0.25) is 0 Å². The van der Waals surface area contributed by atoms with Crippen LogP contribution in [-0.2, 0) is 16.0 Å². The summed E-state index contributed by atoms with van der Waals surface area (Å²) in [4.78, 5) is 35.8. The van der Waals surface area contributed by atoms with E-state index in [0.717, 1.165) is 18.9 Å². The third-order valence-corrected chi connectivity index (χ3v) is 3.99. The van der Waals surface area contributed by atoms with Crippen molar-refractivity contribution in [2.75, 3.05) is 13.2 Å². The van der Waals surface area contributed by atoms with Crippen LogP contribution in [0.1, 0.15) is 49.5 Å². The van der Waals surface area contributed by atoms with Crippen molar-refractivity contribution in [1.29, 1.82) is 0 Å². The zero-order valence-corrected chi connectivity index (χ0v) is 15.6. The fourth-order valence-corrected chi connectivity index (χ4v) is 2.77. The molecule has 27 heavy (non-hydrogen) atoms. The lowest BCUT2D eigenvalue weighted by Gasteiger charge is -2.29. The first kappa shape index (κ1) is 20.6. The molecule has 1 unspecified atom stereocenters. The molecule has 0 radical (unpaired) electrons. The summed E-state index contributed by atoms with van der Waals surface area (Å²) in [7, 11) is 0. The first-order valence-corrected chi connectivity index (χ1v) is 8.67. The molecule has 0 saturated carbocycles. The van der Waals surface area contributed by atoms with Crippen LogP contribution >= 0.6 is 0 Å². The van der Waals surface area contributed by atoms with Gasteiger partial charge in [-0.1, -0.05) is 0 Å². The summed E-state index contributed by atoms with van der Waals surface area (Å²) in [6, 6.07) is 3.63. The molecule has 0 aliphatic carbocycles. The number of nitro benzene ring substituents is 1. The molecule has 148 valence electrons. The molecule has 1 aliphatic rings. The van der Waals surface area contributed by atoms with Crippen LogP contribution in [0, 0.1) is 10.1 Å². The Hall–Kier alpha value is -2.68. The van der Waals surface area contributed by atoms with E-state index in [1.807, 2.05) is 0 Å². The minimum absolute atomic E-state index is 0.0784. The summed E-state index contributed by atoms with van der Waals surface area (Å²) in [5.74, 6) is -1.26. The number of benzene rings is 1. The van der Waals surface area contributed by atoms with Gasteiger partial charge < -0.3 is 19.5 Å². The minimum Gasteiger partial charge on any atom is -0.478 e. The van der Waals surface area contributed by atoms with Gasteiger partial charge in [0.1, 0.15) is 5.60 Å². The van der Waals surface area contributed by atoms with Crippen LogP contribution < -0.4 is 0 Å². The molecule has 0 spiro atoms. The highest BCUT2D eigenvalue weighted by atomic mass is 16.6. The minimum atomic E-state index is -1.26. The quantitative estimate of drug-likeness (QED) is 0.594. The third-order valence-electron chi connectivity index (χ3n) is 3.99. The highest BCUT2D eigenvalue weighted by Crippen LogP contribution is 2.24. The van der Waals surface area contributed by atoms with Crippen molar-refractivity contribution >= 4 is 17.7 Å². The molecule has 1 heterocycles. The molecule has 9 nitrogen and oxygen atoms in total. The van der Waals surface area contributed by atoms with Crippen LogP contribution in [0.25, 0.3) is 0 Å². The molecule has 0 aromatic heterocycles. The van der Waals surface area contributed by atoms with Gasteiger partial charge in [-0.3, -0.25) is 10.1 Å². The van der Waals surface area contributed by atoms with E-state index in [4.69, 9.17) is 14.6 Å². The largest absolute Gasteiger partial charge is 0.478 e. The van der Waals surface area contributed by atoms with Gasteiger partial charge in [-0.2, -0.15) is 0 Å². The van der Waals surface area contributed by atoms with E-state index in [1.165, 1.54) is 17.0 Å². The molecule has 1 saturated heterocycles. The number of carboxylic acid groups (broad SMARTS) is 1. The summed E-state index contributed by atoms with van der Waals surface area (Å²) in [5.41, 5.74) is -1.02. The molecular formula is C18H24N2O7. The van der Waals surface area contributed by atoms with Crippen molar-refractivity contribution < 1.29 is 29.1 Å². The lowest BCUT2D eigenvalue weighted by atomic mass is 10.1. The normalized spacial score (nSPS) is 16.8. The highest BCUT2D eigenvalue weighted by molar-refractivity contribution is 5.88. The molecule has 1 aromatic carbocycles. The second-order valence-corrected chi connectivity index (χ2v) is 7.40. The zero-order valence-electron chi connectivity index (χ0n) is 15.6. The van der Waals surface area contributed by atoms with Crippen LogP contribution in [-0.4, -0.2) is 51.8 Å². The topological polar surface area (TPSA) is 119 Å². The van der Waals surface area contributed by atoms with E-state index in [2.05, 4.69) is 0 Å². The van der Waals surface area contributed by atoms with E-state index in [-0.39, 0.29) is 36.0 Å². The number of ether oxygens (including phenoxy) is 2. The lowest BCUT2D eigenvalue weighted by Crippen LogP contribution is -2.40. The number of amides is 1. The number of aromatic carboxylic acids is 1. The van der Waals surface area contributed by atoms with Gasteiger partial charge in [0.15, 0.2) is 0 Å². The van der Waals surface area contributed by atoms with Crippen LogP contribution in [0.15, 0.2) is 18.2 Å². The average Bonchev–Trinajstić information content (AvgIpc) is 3.05. The first-order chi connectivity index (χ1) is 12.6. The van der Waals surface area contributed by atoms with E-state index in [0.29, 0.717) is 6.61 Å². The Morgan fingerprint density at radius 2 is 2.11 bits per heavy atom. The number of hydrogen-bond donors (Lipinski definition) is 1. The first-order valence-electron chi connectivity index (χ1n) is 8.67. The van der Waals surface area contributed by atoms with Gasteiger partial charge in [0, 0.05) is 18.2 Å². The number of carboxylic acids is 1. The smallest absolute Gasteiger partial charge is 0.410 e. The molecule has 1 aliphatic heterocycles. The van der Waals surface area contributed by atoms with Gasteiger partial charge in [-0.05, 0) is 45.7 Å². The van der Waals surface area contributed by atoms with Crippen LogP contribution in [0.5, 0.6) is 0 Å². The molecular weight excluding hydrogens is 356 g/mol. The van der Waals surface area contributed by atoms with E-state index >= 15 is 0 Å². The van der Waals surface area contributed by atoms with Crippen molar-refractivity contribution in [2.24, 2.45) is 0 Å². The lowest BCUT2D eigenvalue weighted by molar-refractivity contribution is -0.385. The molecule has 2 rings (SSSR count). The molecule has 1 aromatic rings. The summed E-state index contributed by atoms with van der Waals surface area (Å²) in [5, 5.41) is 20.4. The monoisotopic (exact) mass is 380 g/mol. The molecule has 9 heteroatoms. The Kier molecular flexibility index (Phi) is 6.37. The number of nitro groups is 1. The van der Waals surface area contributed by atoms with Crippen LogP contribution in [0.3, 0.4) is 0 Å². The Labute approximate surface area is 157 Å². The summed E-state index contributed by atoms with van der Waals surface area (Å²) < 4.78 is 11.0. The average molecular weight is 380 g/mol. The maximum atomic E-state index is 12.6. The van der Waals surface area contributed by atoms with Crippen molar-refractivity contribution in [3.8, 4) is 0 Å². The van der Waals surface area contributed by atoms with Gasteiger partial charge in [0.25, 0.3) is 5.69 Å². The Morgan fingerprint density at radius 3 is 2.63 bits per heavy atom. The van der Waals surface area contributed by atoms with E-state index < -0.39 is 22.6 Å². The number of nitrogens with zero attached hydrogens (tertiary/aromatic N) is 2. The fourth-order valence-electron chi connectivity index (χ4n) is 2.77. The summed E-state index contributed by atoms with van der Waals surface area (Å²) in [6.07, 6.45) is 0.920. The Bertz CT molecular complexity index is 721. The second-order valence-electron chi connectivity index (χ2n) is 7.40. The highest BCUT2D eigenvalue weighted by Gasteiger charge is 2.29. The van der Waals surface area contributed by atoms with Crippen molar-refractivity contribution in [3.63, 3.8) is 0 Å². The number of rotatable bonds is 6. The van der Waals surface area contributed by atoms with Gasteiger partial charge in [-0.15, -0.1) is 0 Å². The summed E-state index contributed by atoms with van der Waals surface area (Å²) in [6.45, 7) is 5.98. The second kappa shape index (κ2) is 8.34. The van der Waals surface area contributed by atoms with Crippen LogP contribution in [0.4, 0.5) is 10.5 Å².